The molecular weight excluding hydrogens is 192 g/mol. The van der Waals surface area contributed by atoms with Crippen molar-refractivity contribution >= 4 is 10.8 Å². The quantitative estimate of drug-likeness (QED) is 0.619. The van der Waals surface area contributed by atoms with Crippen LogP contribution in [-0.2, 0) is 6.42 Å². The molecule has 0 fully saturated rings. The highest BCUT2D eigenvalue weighted by molar-refractivity contribution is 5.85. The maximum Gasteiger partial charge on any atom is 0.0350 e. The van der Waals surface area contributed by atoms with Crippen molar-refractivity contribution in [1.82, 2.24) is 0 Å². The molecule has 2 aromatic carbocycles. The van der Waals surface area contributed by atoms with Crippen LogP contribution in [0.25, 0.3) is 10.8 Å². The predicted molar refractivity (Wildman–Crippen MR) is 70.2 cm³/mol. The molecule has 0 radical (unpaired) electrons. The van der Waals surface area contributed by atoms with Crippen molar-refractivity contribution in [3.05, 3.63) is 60.2 Å². The van der Waals surface area contributed by atoms with E-state index in [1.807, 2.05) is 6.92 Å². The van der Waals surface area contributed by atoms with Gasteiger partial charge in [0.1, 0.15) is 0 Å². The van der Waals surface area contributed by atoms with Gasteiger partial charge >= 0.3 is 0 Å². The molecule has 78 valence electrons. The fourth-order valence-electron chi connectivity index (χ4n) is 1.74. The van der Waals surface area contributed by atoms with Crippen LogP contribution in [0.3, 0.4) is 0 Å². The Kier molecular flexibility index (Phi) is 3.08. The fourth-order valence-corrected chi connectivity index (χ4v) is 1.74. The molecule has 0 N–H and O–H groups in total. The van der Waals surface area contributed by atoms with Crippen LogP contribution in [0.1, 0.15) is 12.5 Å². The molecule has 0 bridgehead atoms. The van der Waals surface area contributed by atoms with Crippen LogP contribution in [0.4, 0.5) is 0 Å². The van der Waals surface area contributed by atoms with E-state index in [4.69, 9.17) is 0 Å². The van der Waals surface area contributed by atoms with E-state index in [1.54, 1.807) is 0 Å². The second-order valence-electron chi connectivity index (χ2n) is 3.90. The maximum absolute atomic E-state index is 3.78. The molecule has 0 aliphatic heterocycles. The second-order valence-corrected chi connectivity index (χ2v) is 3.90. The first-order valence-electron chi connectivity index (χ1n) is 5.38. The van der Waals surface area contributed by atoms with Crippen molar-refractivity contribution in [3.63, 3.8) is 0 Å². The Labute approximate surface area is 96.6 Å². The summed E-state index contributed by atoms with van der Waals surface area (Å²) in [6.07, 6.45) is 0.786. The van der Waals surface area contributed by atoms with Gasteiger partial charge in [0, 0.05) is 6.42 Å². The summed E-state index contributed by atoms with van der Waals surface area (Å²) in [5, 5.41) is 2.57. The third-order valence-electron chi connectivity index (χ3n) is 2.46. The van der Waals surface area contributed by atoms with Crippen molar-refractivity contribution in [3.8, 4) is 11.8 Å². The lowest BCUT2D eigenvalue weighted by atomic mass is 10.0. The summed E-state index contributed by atoms with van der Waals surface area (Å²) in [6, 6.07) is 14.8. The average Bonchev–Trinajstić information content (AvgIpc) is 2.29. The molecular formula is C16H14. The number of rotatable bonds is 1. The summed E-state index contributed by atoms with van der Waals surface area (Å²) in [5.41, 5.74) is 2.20. The van der Waals surface area contributed by atoms with Crippen molar-refractivity contribution in [2.75, 3.05) is 0 Å². The molecule has 0 aliphatic carbocycles. The van der Waals surface area contributed by atoms with E-state index in [1.165, 1.54) is 16.3 Å². The Hall–Kier alpha value is -2.00. The van der Waals surface area contributed by atoms with Gasteiger partial charge in [-0.1, -0.05) is 60.9 Å². The van der Waals surface area contributed by atoms with Crippen molar-refractivity contribution in [2.45, 2.75) is 13.3 Å². The van der Waals surface area contributed by atoms with Gasteiger partial charge in [-0.05, 0) is 28.8 Å². The van der Waals surface area contributed by atoms with Crippen LogP contribution in [0.5, 0.6) is 0 Å². The second kappa shape index (κ2) is 4.68. The molecule has 0 aliphatic rings. The first kappa shape index (κ1) is 10.5. The molecule has 0 saturated carbocycles. The number of allylic oxidation sites excluding steroid dienone is 1. The average molecular weight is 206 g/mol. The van der Waals surface area contributed by atoms with E-state index in [2.05, 4.69) is 60.9 Å². The largest absolute Gasteiger partial charge is 0.0935 e. The van der Waals surface area contributed by atoms with Gasteiger partial charge in [0.25, 0.3) is 0 Å². The third kappa shape index (κ3) is 2.32. The van der Waals surface area contributed by atoms with Crippen LogP contribution in [0, 0.1) is 11.8 Å². The molecule has 0 aromatic heterocycles. The lowest BCUT2D eigenvalue weighted by molar-refractivity contribution is 1.35. The predicted octanol–water partition coefficient (Wildman–Crippen LogP) is 3.96. The molecule has 0 heterocycles. The van der Waals surface area contributed by atoms with E-state index in [-0.39, 0.29) is 0 Å². The minimum absolute atomic E-state index is 0.786. The summed E-state index contributed by atoms with van der Waals surface area (Å²) >= 11 is 0. The molecule has 2 aromatic rings. The van der Waals surface area contributed by atoms with Gasteiger partial charge in [0.05, 0.1) is 0 Å². The lowest BCUT2D eigenvalue weighted by Crippen LogP contribution is -1.84. The minimum Gasteiger partial charge on any atom is -0.0935 e. The maximum atomic E-state index is 3.78. The molecule has 0 atom stereocenters. The molecule has 0 saturated heterocycles. The number of fused-ring (bicyclic) bond motifs is 1. The van der Waals surface area contributed by atoms with Crippen LogP contribution < -0.4 is 0 Å². The SMILES string of the molecule is C=C(C)C#CCc1cccc2ccccc12. The van der Waals surface area contributed by atoms with Gasteiger partial charge in [-0.3, -0.25) is 0 Å². The molecule has 0 nitrogen and oxygen atoms in total. The summed E-state index contributed by atoms with van der Waals surface area (Å²) in [5.74, 6) is 6.16. The van der Waals surface area contributed by atoms with Crippen LogP contribution in [0.2, 0.25) is 0 Å². The van der Waals surface area contributed by atoms with E-state index in [9.17, 15) is 0 Å². The lowest BCUT2D eigenvalue weighted by Gasteiger charge is -2.02. The van der Waals surface area contributed by atoms with Crippen LogP contribution >= 0.6 is 0 Å². The van der Waals surface area contributed by atoms with E-state index >= 15 is 0 Å². The monoisotopic (exact) mass is 206 g/mol. The van der Waals surface area contributed by atoms with Crippen LogP contribution in [-0.4, -0.2) is 0 Å². The van der Waals surface area contributed by atoms with Gasteiger partial charge in [-0.2, -0.15) is 0 Å². The third-order valence-corrected chi connectivity index (χ3v) is 2.46. The topological polar surface area (TPSA) is 0 Å². The number of hydrogen-bond donors (Lipinski definition) is 0. The highest BCUT2D eigenvalue weighted by Gasteiger charge is 1.97. The highest BCUT2D eigenvalue weighted by Crippen LogP contribution is 2.18. The zero-order chi connectivity index (χ0) is 11.4. The summed E-state index contributed by atoms with van der Waals surface area (Å²) in [4.78, 5) is 0. The zero-order valence-electron chi connectivity index (χ0n) is 9.46. The molecule has 0 unspecified atom stereocenters. The normalized spacial score (nSPS) is 9.56. The van der Waals surface area contributed by atoms with Gasteiger partial charge in [-0.15, -0.1) is 0 Å². The first-order valence-corrected chi connectivity index (χ1v) is 5.38. The van der Waals surface area contributed by atoms with Gasteiger partial charge in [0.2, 0.25) is 0 Å². The Bertz CT molecular complexity index is 574. The molecule has 2 rings (SSSR count). The van der Waals surface area contributed by atoms with Crippen molar-refractivity contribution in [1.29, 1.82) is 0 Å². The molecule has 16 heavy (non-hydrogen) atoms. The Morgan fingerprint density at radius 1 is 1.12 bits per heavy atom. The number of benzene rings is 2. The summed E-state index contributed by atoms with van der Waals surface area (Å²) in [7, 11) is 0. The fraction of sp³-hybridized carbons (Fsp3) is 0.125. The Balaban J connectivity index is 2.39. The molecule has 0 amide bonds. The van der Waals surface area contributed by atoms with E-state index in [0.29, 0.717) is 0 Å². The Morgan fingerprint density at radius 3 is 2.69 bits per heavy atom. The standard InChI is InChI=1S/C16H14/c1-13(2)7-5-9-15-11-6-10-14-8-3-4-12-16(14)15/h3-4,6,8,10-12H,1,9H2,2H3. The van der Waals surface area contributed by atoms with Crippen molar-refractivity contribution in [2.24, 2.45) is 0 Å². The smallest absolute Gasteiger partial charge is 0.0350 e. The minimum atomic E-state index is 0.786. The van der Waals surface area contributed by atoms with E-state index in [0.717, 1.165) is 12.0 Å². The summed E-state index contributed by atoms with van der Waals surface area (Å²) in [6.45, 7) is 5.70. The zero-order valence-corrected chi connectivity index (χ0v) is 9.46. The van der Waals surface area contributed by atoms with E-state index < -0.39 is 0 Å². The van der Waals surface area contributed by atoms with Gasteiger partial charge < -0.3 is 0 Å². The number of hydrogen-bond acceptors (Lipinski definition) is 0. The van der Waals surface area contributed by atoms with Gasteiger partial charge in [-0.25, -0.2) is 0 Å². The molecule has 0 heteroatoms. The van der Waals surface area contributed by atoms with Crippen molar-refractivity contribution < 1.29 is 0 Å². The Morgan fingerprint density at radius 2 is 1.88 bits per heavy atom. The highest BCUT2D eigenvalue weighted by atomic mass is 14.0. The van der Waals surface area contributed by atoms with Gasteiger partial charge in [0.15, 0.2) is 0 Å². The van der Waals surface area contributed by atoms with Crippen LogP contribution in [0.15, 0.2) is 54.6 Å². The first-order chi connectivity index (χ1) is 7.77. The summed E-state index contributed by atoms with van der Waals surface area (Å²) < 4.78 is 0. The molecule has 0 spiro atoms.